The SMILES string of the molecule is CCCc1cccc(C(Cc2ccc(Cl)cc2)NCC)c1. The van der Waals surface area contributed by atoms with Gasteiger partial charge in [0.05, 0.1) is 0 Å². The Morgan fingerprint density at radius 1 is 1.00 bits per heavy atom. The number of benzene rings is 2. The van der Waals surface area contributed by atoms with Crippen LogP contribution in [0.4, 0.5) is 0 Å². The summed E-state index contributed by atoms with van der Waals surface area (Å²) in [5, 5.41) is 4.39. The molecule has 21 heavy (non-hydrogen) atoms. The van der Waals surface area contributed by atoms with E-state index in [1.165, 1.54) is 23.1 Å². The fraction of sp³-hybridized carbons (Fsp3) is 0.368. The molecule has 0 saturated heterocycles. The molecule has 0 aliphatic rings. The van der Waals surface area contributed by atoms with E-state index in [2.05, 4.69) is 55.6 Å². The summed E-state index contributed by atoms with van der Waals surface area (Å²) in [5.41, 5.74) is 4.11. The quantitative estimate of drug-likeness (QED) is 0.742. The third-order valence-corrected chi connectivity index (χ3v) is 3.95. The first kappa shape index (κ1) is 16.1. The minimum atomic E-state index is 0.355. The molecule has 0 amide bonds. The van der Waals surface area contributed by atoms with Gasteiger partial charge in [-0.15, -0.1) is 0 Å². The summed E-state index contributed by atoms with van der Waals surface area (Å²) in [6.45, 7) is 5.35. The average Bonchev–Trinajstić information content (AvgIpc) is 2.50. The van der Waals surface area contributed by atoms with Crippen molar-refractivity contribution in [3.05, 3.63) is 70.2 Å². The van der Waals surface area contributed by atoms with Crippen molar-refractivity contribution >= 4 is 11.6 Å². The number of rotatable bonds is 7. The van der Waals surface area contributed by atoms with Gasteiger partial charge in [0.2, 0.25) is 0 Å². The third kappa shape index (κ3) is 4.87. The fourth-order valence-electron chi connectivity index (χ4n) is 2.66. The van der Waals surface area contributed by atoms with Gasteiger partial charge in [0.15, 0.2) is 0 Å². The van der Waals surface area contributed by atoms with E-state index >= 15 is 0 Å². The molecule has 2 aromatic carbocycles. The van der Waals surface area contributed by atoms with Crippen LogP contribution in [0.5, 0.6) is 0 Å². The predicted octanol–water partition coefficient (Wildman–Crippen LogP) is 5.19. The largest absolute Gasteiger partial charge is 0.310 e. The van der Waals surface area contributed by atoms with Gasteiger partial charge >= 0.3 is 0 Å². The van der Waals surface area contributed by atoms with E-state index in [1.807, 2.05) is 12.1 Å². The zero-order valence-electron chi connectivity index (χ0n) is 12.9. The molecule has 0 aliphatic carbocycles. The molecule has 112 valence electrons. The second-order valence-corrected chi connectivity index (χ2v) is 5.87. The molecule has 1 N–H and O–H groups in total. The predicted molar refractivity (Wildman–Crippen MR) is 92.0 cm³/mol. The third-order valence-electron chi connectivity index (χ3n) is 3.70. The highest BCUT2D eigenvalue weighted by atomic mass is 35.5. The molecule has 0 aliphatic heterocycles. The van der Waals surface area contributed by atoms with Crippen LogP contribution in [-0.2, 0) is 12.8 Å². The first-order chi connectivity index (χ1) is 10.2. The van der Waals surface area contributed by atoms with Crippen LogP contribution in [0.3, 0.4) is 0 Å². The van der Waals surface area contributed by atoms with Crippen molar-refractivity contribution in [2.75, 3.05) is 6.54 Å². The van der Waals surface area contributed by atoms with Gasteiger partial charge in [-0.2, -0.15) is 0 Å². The number of nitrogens with one attached hydrogen (secondary N) is 1. The van der Waals surface area contributed by atoms with E-state index in [0.29, 0.717) is 6.04 Å². The first-order valence-corrected chi connectivity index (χ1v) is 8.17. The highest BCUT2D eigenvalue weighted by Crippen LogP contribution is 2.21. The number of likely N-dealkylation sites (N-methyl/N-ethyl adjacent to an activating group) is 1. The number of hydrogen-bond donors (Lipinski definition) is 1. The van der Waals surface area contributed by atoms with E-state index < -0.39 is 0 Å². The molecule has 0 spiro atoms. The standard InChI is InChI=1S/C19H24ClN/c1-3-6-15-7-5-8-17(13-15)19(21-4-2)14-16-9-11-18(20)12-10-16/h5,7-13,19,21H,3-4,6,14H2,1-2H3. The lowest BCUT2D eigenvalue weighted by Gasteiger charge is -2.19. The maximum absolute atomic E-state index is 5.97. The van der Waals surface area contributed by atoms with E-state index in [0.717, 1.165) is 24.4 Å². The second kappa shape index (κ2) is 8.21. The highest BCUT2D eigenvalue weighted by Gasteiger charge is 2.11. The van der Waals surface area contributed by atoms with Crippen molar-refractivity contribution in [3.8, 4) is 0 Å². The Bertz CT molecular complexity index is 548. The minimum Gasteiger partial charge on any atom is -0.310 e. The van der Waals surface area contributed by atoms with E-state index in [4.69, 9.17) is 11.6 Å². The first-order valence-electron chi connectivity index (χ1n) is 7.79. The van der Waals surface area contributed by atoms with Gasteiger partial charge in [0, 0.05) is 11.1 Å². The maximum atomic E-state index is 5.97. The molecule has 0 aromatic heterocycles. The van der Waals surface area contributed by atoms with Crippen molar-refractivity contribution in [2.24, 2.45) is 0 Å². The lowest BCUT2D eigenvalue weighted by molar-refractivity contribution is 0.549. The van der Waals surface area contributed by atoms with Crippen LogP contribution in [0.15, 0.2) is 48.5 Å². The molecule has 0 radical (unpaired) electrons. The molecule has 1 unspecified atom stereocenters. The maximum Gasteiger partial charge on any atom is 0.0406 e. The summed E-state index contributed by atoms with van der Waals surface area (Å²) in [7, 11) is 0. The Labute approximate surface area is 133 Å². The molecule has 0 bridgehead atoms. The molecule has 1 atom stereocenters. The lowest BCUT2D eigenvalue weighted by Crippen LogP contribution is -2.23. The van der Waals surface area contributed by atoms with Gasteiger partial charge in [-0.1, -0.05) is 68.3 Å². The minimum absolute atomic E-state index is 0.355. The van der Waals surface area contributed by atoms with E-state index in [1.54, 1.807) is 0 Å². The van der Waals surface area contributed by atoms with Gasteiger partial charge in [0.1, 0.15) is 0 Å². The summed E-state index contributed by atoms with van der Waals surface area (Å²) in [4.78, 5) is 0. The van der Waals surface area contributed by atoms with Crippen LogP contribution in [0.1, 0.15) is 43.0 Å². The van der Waals surface area contributed by atoms with Crippen molar-refractivity contribution in [1.82, 2.24) is 5.32 Å². The number of halogens is 1. The molecule has 0 saturated carbocycles. The van der Waals surface area contributed by atoms with Crippen molar-refractivity contribution in [2.45, 2.75) is 39.2 Å². The summed E-state index contributed by atoms with van der Waals surface area (Å²) < 4.78 is 0. The normalized spacial score (nSPS) is 12.3. The molecule has 0 fully saturated rings. The van der Waals surface area contributed by atoms with Crippen molar-refractivity contribution < 1.29 is 0 Å². The zero-order valence-corrected chi connectivity index (χ0v) is 13.7. The molecular weight excluding hydrogens is 278 g/mol. The molecule has 1 nitrogen and oxygen atoms in total. The van der Waals surface area contributed by atoms with Gasteiger partial charge in [-0.3, -0.25) is 0 Å². The number of hydrogen-bond acceptors (Lipinski definition) is 1. The Morgan fingerprint density at radius 3 is 2.43 bits per heavy atom. The van der Waals surface area contributed by atoms with Crippen LogP contribution in [0.25, 0.3) is 0 Å². The van der Waals surface area contributed by atoms with Crippen LogP contribution < -0.4 is 5.32 Å². The molecule has 0 heterocycles. The van der Waals surface area contributed by atoms with Gasteiger partial charge in [-0.25, -0.2) is 0 Å². The van der Waals surface area contributed by atoms with Gasteiger partial charge < -0.3 is 5.32 Å². The second-order valence-electron chi connectivity index (χ2n) is 5.44. The molecule has 2 heteroatoms. The molecule has 2 rings (SSSR count). The average molecular weight is 302 g/mol. The van der Waals surface area contributed by atoms with Gasteiger partial charge in [0.25, 0.3) is 0 Å². The lowest BCUT2D eigenvalue weighted by atomic mass is 9.96. The number of aryl methyl sites for hydroxylation is 1. The Balaban J connectivity index is 2.17. The van der Waals surface area contributed by atoms with Crippen LogP contribution >= 0.6 is 11.6 Å². The highest BCUT2D eigenvalue weighted by molar-refractivity contribution is 6.30. The zero-order chi connectivity index (χ0) is 15.1. The van der Waals surface area contributed by atoms with E-state index in [9.17, 15) is 0 Å². The Kier molecular flexibility index (Phi) is 6.28. The van der Waals surface area contributed by atoms with Crippen LogP contribution in [0, 0.1) is 0 Å². The summed E-state index contributed by atoms with van der Waals surface area (Å²) >= 11 is 5.97. The summed E-state index contributed by atoms with van der Waals surface area (Å²) in [5.74, 6) is 0. The Hall–Kier alpha value is -1.31. The Morgan fingerprint density at radius 2 is 1.76 bits per heavy atom. The smallest absolute Gasteiger partial charge is 0.0406 e. The van der Waals surface area contributed by atoms with Crippen molar-refractivity contribution in [1.29, 1.82) is 0 Å². The van der Waals surface area contributed by atoms with Crippen LogP contribution in [-0.4, -0.2) is 6.54 Å². The van der Waals surface area contributed by atoms with Crippen molar-refractivity contribution in [3.63, 3.8) is 0 Å². The molecular formula is C19H24ClN. The van der Waals surface area contributed by atoms with Crippen LogP contribution in [0.2, 0.25) is 5.02 Å². The monoisotopic (exact) mass is 301 g/mol. The summed E-state index contributed by atoms with van der Waals surface area (Å²) in [6.07, 6.45) is 3.32. The topological polar surface area (TPSA) is 12.0 Å². The summed E-state index contributed by atoms with van der Waals surface area (Å²) in [6, 6.07) is 17.5. The van der Waals surface area contributed by atoms with Gasteiger partial charge in [-0.05, 0) is 48.2 Å². The molecule has 2 aromatic rings. The fourth-order valence-corrected chi connectivity index (χ4v) is 2.79. The van der Waals surface area contributed by atoms with E-state index in [-0.39, 0.29) is 0 Å².